The molecule has 10 heteroatoms. The number of esters is 1. The fourth-order valence-electron chi connectivity index (χ4n) is 6.09. The zero-order chi connectivity index (χ0) is 32.8. The number of rotatable bonds is 9. The smallest absolute Gasteiger partial charge is 0.325 e. The Bertz CT molecular complexity index is 1690. The number of carbonyl (C=O) groups is 1. The molecule has 3 aromatic rings. The lowest BCUT2D eigenvalue weighted by Gasteiger charge is -2.43. The second-order valence-electron chi connectivity index (χ2n) is 13.2. The molecule has 1 heterocycles. The molecular formula is C35H42ClFN2O5S. The van der Waals surface area contributed by atoms with Crippen molar-refractivity contribution in [1.82, 2.24) is 4.31 Å². The normalized spacial score (nSPS) is 18.6. The van der Waals surface area contributed by atoms with E-state index in [4.69, 9.17) is 21.1 Å². The highest BCUT2D eigenvalue weighted by Crippen LogP contribution is 2.47. The van der Waals surface area contributed by atoms with Crippen molar-refractivity contribution in [3.05, 3.63) is 93.3 Å². The zero-order valence-corrected chi connectivity index (χ0v) is 28.5. The summed E-state index contributed by atoms with van der Waals surface area (Å²) in [7, 11) is -4.36. The fraction of sp³-hybridized carbons (Fsp3) is 0.457. The second-order valence-corrected chi connectivity index (χ2v) is 15.5. The first-order chi connectivity index (χ1) is 21.1. The van der Waals surface area contributed by atoms with E-state index in [1.54, 1.807) is 59.7 Å². The first kappa shape index (κ1) is 33.4. The molecule has 3 atom stereocenters. The number of nitrogens with zero attached hydrogens (tertiary/aromatic N) is 2. The molecular weight excluding hydrogens is 615 g/mol. The number of aryl methyl sites for hydroxylation is 1. The van der Waals surface area contributed by atoms with Crippen LogP contribution in [0.2, 0.25) is 5.02 Å². The molecule has 0 amide bonds. The van der Waals surface area contributed by atoms with Crippen molar-refractivity contribution >= 4 is 33.3 Å². The van der Waals surface area contributed by atoms with Crippen molar-refractivity contribution in [2.45, 2.75) is 103 Å². The van der Waals surface area contributed by atoms with Gasteiger partial charge in [-0.05, 0) is 94.8 Å². The summed E-state index contributed by atoms with van der Waals surface area (Å²) in [5, 5.41) is 0.391. The van der Waals surface area contributed by atoms with Gasteiger partial charge in [-0.15, -0.1) is 0 Å². The first-order valence-electron chi connectivity index (χ1n) is 15.4. The number of sulfonamides is 1. The largest absolute Gasteiger partial charge is 0.459 e. The summed E-state index contributed by atoms with van der Waals surface area (Å²) in [6, 6.07) is 14.7. The molecule has 0 radical (unpaired) electrons. The third kappa shape index (κ3) is 6.92. The van der Waals surface area contributed by atoms with E-state index in [2.05, 4.69) is 0 Å². The van der Waals surface area contributed by atoms with Gasteiger partial charge in [-0.3, -0.25) is 4.79 Å². The number of ether oxygens (including phenoxy) is 2. The first-order valence-corrected chi connectivity index (χ1v) is 17.2. The van der Waals surface area contributed by atoms with Gasteiger partial charge in [-0.1, -0.05) is 54.9 Å². The fourth-order valence-corrected chi connectivity index (χ4v) is 8.35. The van der Waals surface area contributed by atoms with Gasteiger partial charge in [0.25, 0.3) is 0 Å². The number of fused-ring (bicyclic) bond motifs is 1. The predicted octanol–water partition coefficient (Wildman–Crippen LogP) is 7.82. The summed E-state index contributed by atoms with van der Waals surface area (Å²) in [5.74, 6) is -2.09. The van der Waals surface area contributed by atoms with Crippen LogP contribution in [0.1, 0.15) is 87.3 Å². The maximum absolute atomic E-state index is 15.5. The minimum Gasteiger partial charge on any atom is -0.459 e. The Morgan fingerprint density at radius 1 is 1.07 bits per heavy atom. The van der Waals surface area contributed by atoms with E-state index in [1.807, 2.05) is 42.2 Å². The van der Waals surface area contributed by atoms with Crippen molar-refractivity contribution in [2.24, 2.45) is 0 Å². The average molecular weight is 657 g/mol. The molecule has 0 N–H and O–H groups in total. The molecule has 3 aromatic carbocycles. The molecule has 7 nitrogen and oxygen atoms in total. The summed E-state index contributed by atoms with van der Waals surface area (Å²) in [4.78, 5) is 16.1. The van der Waals surface area contributed by atoms with Gasteiger partial charge in [0.05, 0.1) is 25.1 Å². The topological polar surface area (TPSA) is 76.2 Å². The molecule has 1 saturated carbocycles. The van der Waals surface area contributed by atoms with Crippen LogP contribution in [0.25, 0.3) is 0 Å². The van der Waals surface area contributed by atoms with Crippen molar-refractivity contribution in [3.8, 4) is 0 Å². The lowest BCUT2D eigenvalue weighted by Crippen LogP contribution is -2.57. The molecule has 0 spiro atoms. The van der Waals surface area contributed by atoms with Gasteiger partial charge in [0.1, 0.15) is 22.4 Å². The van der Waals surface area contributed by atoms with E-state index in [9.17, 15) is 13.2 Å². The Morgan fingerprint density at radius 3 is 2.36 bits per heavy atom. The van der Waals surface area contributed by atoms with Gasteiger partial charge in [-0.25, -0.2) is 12.8 Å². The summed E-state index contributed by atoms with van der Waals surface area (Å²) < 4.78 is 58.6. The molecule has 242 valence electrons. The molecule has 0 aromatic heterocycles. The Morgan fingerprint density at radius 2 is 1.73 bits per heavy atom. The third-order valence-electron chi connectivity index (χ3n) is 8.62. The van der Waals surface area contributed by atoms with Gasteiger partial charge in [0.2, 0.25) is 10.0 Å². The molecule has 1 aliphatic heterocycles. The van der Waals surface area contributed by atoms with Crippen LogP contribution >= 0.6 is 11.6 Å². The van der Waals surface area contributed by atoms with E-state index in [-0.39, 0.29) is 24.2 Å². The number of carbonyl (C=O) groups excluding carboxylic acids is 1. The van der Waals surface area contributed by atoms with Crippen molar-refractivity contribution in [1.29, 1.82) is 0 Å². The van der Waals surface area contributed by atoms with Crippen LogP contribution in [0.5, 0.6) is 0 Å². The second kappa shape index (κ2) is 12.7. The standard InChI is InChI=1S/C35H42ClFN2O5S/c1-21-13-16-29(37)31(22(21)2)23(3)32(34(40)44-35(5,6)7)39-20-38(27-14-15-27)30-18-26(36)17-28(33(30)45(39,41)42)24(4)43-19-25-11-9-8-10-12-25/h8-13,16-18,23-24,27,32H,14-15,19-20H2,1-7H3/t23?,24?,32-/m0/s1. The Hall–Kier alpha value is -2.98. The predicted molar refractivity (Wildman–Crippen MR) is 174 cm³/mol. The summed E-state index contributed by atoms with van der Waals surface area (Å²) in [6.45, 7) is 12.5. The molecule has 45 heavy (non-hydrogen) atoms. The average Bonchev–Trinajstić information content (AvgIpc) is 3.80. The number of anilines is 1. The van der Waals surface area contributed by atoms with Crippen LogP contribution in [0.15, 0.2) is 59.5 Å². The number of hydrogen-bond acceptors (Lipinski definition) is 6. The maximum Gasteiger partial charge on any atom is 0.325 e. The van der Waals surface area contributed by atoms with Crippen molar-refractivity contribution in [2.75, 3.05) is 11.6 Å². The lowest BCUT2D eigenvalue weighted by molar-refractivity contribution is -0.160. The third-order valence-corrected chi connectivity index (χ3v) is 10.8. The van der Waals surface area contributed by atoms with Crippen LogP contribution < -0.4 is 4.90 Å². The lowest BCUT2D eigenvalue weighted by atomic mass is 9.87. The Labute approximate surface area is 271 Å². The van der Waals surface area contributed by atoms with Gasteiger partial charge in [0, 0.05) is 22.5 Å². The van der Waals surface area contributed by atoms with E-state index in [0.29, 0.717) is 27.4 Å². The van der Waals surface area contributed by atoms with Crippen molar-refractivity contribution in [3.63, 3.8) is 0 Å². The van der Waals surface area contributed by atoms with Crippen LogP contribution in [-0.2, 0) is 30.9 Å². The molecule has 0 saturated heterocycles. The molecule has 1 fully saturated rings. The Balaban J connectivity index is 1.65. The number of benzene rings is 3. The van der Waals surface area contributed by atoms with E-state index < -0.39 is 45.5 Å². The Kier molecular flexibility index (Phi) is 9.40. The summed E-state index contributed by atoms with van der Waals surface area (Å²) in [5.41, 5.74) is 2.73. The highest BCUT2D eigenvalue weighted by atomic mass is 35.5. The highest BCUT2D eigenvalue weighted by molar-refractivity contribution is 7.89. The van der Waals surface area contributed by atoms with Gasteiger partial charge >= 0.3 is 5.97 Å². The molecule has 5 rings (SSSR count). The van der Waals surface area contributed by atoms with Crippen LogP contribution in [0.4, 0.5) is 10.1 Å². The van der Waals surface area contributed by atoms with Crippen LogP contribution in [0.3, 0.4) is 0 Å². The van der Waals surface area contributed by atoms with Gasteiger partial charge < -0.3 is 14.4 Å². The van der Waals surface area contributed by atoms with E-state index in [1.165, 1.54) is 10.4 Å². The number of hydrogen-bond donors (Lipinski definition) is 0. The SMILES string of the molecule is Cc1ccc(F)c(C(C)[C@@H](C(=O)OC(C)(C)C)N2CN(C3CC3)c3cc(Cl)cc(C(C)OCc4ccccc4)c3S2(=O)=O)c1C. The summed E-state index contributed by atoms with van der Waals surface area (Å²) >= 11 is 6.62. The summed E-state index contributed by atoms with van der Waals surface area (Å²) in [6.07, 6.45) is 1.09. The van der Waals surface area contributed by atoms with Gasteiger partial charge in [-0.2, -0.15) is 4.31 Å². The van der Waals surface area contributed by atoms with Crippen LogP contribution in [-0.4, -0.2) is 43.0 Å². The van der Waals surface area contributed by atoms with E-state index in [0.717, 1.165) is 24.0 Å². The van der Waals surface area contributed by atoms with Gasteiger partial charge in [0.15, 0.2) is 0 Å². The van der Waals surface area contributed by atoms with Crippen molar-refractivity contribution < 1.29 is 27.1 Å². The molecule has 2 aliphatic rings. The molecule has 1 aliphatic carbocycles. The van der Waals surface area contributed by atoms with E-state index >= 15 is 4.39 Å². The number of halogens is 2. The minimum atomic E-state index is -4.36. The zero-order valence-electron chi connectivity index (χ0n) is 26.9. The van der Waals surface area contributed by atoms with Crippen LogP contribution in [0, 0.1) is 19.7 Å². The monoisotopic (exact) mass is 656 g/mol. The highest BCUT2D eigenvalue weighted by Gasteiger charge is 2.50. The maximum atomic E-state index is 15.5. The molecule has 0 bridgehead atoms. The minimum absolute atomic E-state index is 0.0489. The quantitative estimate of drug-likeness (QED) is 0.219. The molecule has 2 unspecified atom stereocenters.